The molecule has 0 saturated heterocycles. The third kappa shape index (κ3) is 3.31. The molecular weight excluding hydrogens is 309 g/mol. The number of halogens is 3. The number of nitrogens with one attached hydrogen (secondary N) is 2. The lowest BCUT2D eigenvalue weighted by atomic mass is 10.3. The minimum absolute atomic E-state index is 0.0114. The van der Waals surface area contributed by atoms with Crippen molar-refractivity contribution in [2.24, 2.45) is 0 Å². The third-order valence-electron chi connectivity index (χ3n) is 2.36. The second kappa shape index (κ2) is 5.83. The average Bonchev–Trinajstić information content (AvgIpc) is 2.83. The predicted molar refractivity (Wildman–Crippen MR) is 70.2 cm³/mol. The number of carbonyl (C=O) groups is 2. The van der Waals surface area contributed by atoms with E-state index in [0.29, 0.717) is 12.1 Å². The van der Waals surface area contributed by atoms with Crippen molar-refractivity contribution in [3.8, 4) is 0 Å². The summed E-state index contributed by atoms with van der Waals surface area (Å²) >= 11 is 0.933. The van der Waals surface area contributed by atoms with E-state index >= 15 is 0 Å². The molecule has 0 aliphatic carbocycles. The Morgan fingerprint density at radius 3 is 2.52 bits per heavy atom. The van der Waals surface area contributed by atoms with Crippen LogP contribution >= 0.6 is 11.3 Å². The summed E-state index contributed by atoms with van der Waals surface area (Å²) in [5.41, 5.74) is -0.848. The van der Waals surface area contributed by atoms with Crippen molar-refractivity contribution in [2.75, 3.05) is 10.6 Å². The van der Waals surface area contributed by atoms with Crippen molar-refractivity contribution >= 4 is 34.0 Å². The number of benzene rings is 1. The van der Waals surface area contributed by atoms with Crippen LogP contribution in [0.5, 0.6) is 0 Å². The molecule has 0 bridgehead atoms. The predicted octanol–water partition coefficient (Wildman–Crippen LogP) is 3.51. The molecule has 0 radical (unpaired) electrons. The molecule has 0 saturated carbocycles. The van der Waals surface area contributed by atoms with Gasteiger partial charge in [-0.1, -0.05) is 0 Å². The molecule has 0 aliphatic heterocycles. The summed E-state index contributed by atoms with van der Waals surface area (Å²) in [5.74, 6) is -5.19. The second-order valence-corrected chi connectivity index (χ2v) is 4.71. The number of urea groups is 1. The van der Waals surface area contributed by atoms with Gasteiger partial charge in [-0.2, -0.15) is 0 Å². The molecule has 1 heterocycles. The highest BCUT2D eigenvalue weighted by atomic mass is 32.1. The molecule has 2 amide bonds. The summed E-state index contributed by atoms with van der Waals surface area (Å²) in [5, 5.41) is 14.4. The Morgan fingerprint density at radius 2 is 1.86 bits per heavy atom. The van der Waals surface area contributed by atoms with E-state index < -0.39 is 35.1 Å². The van der Waals surface area contributed by atoms with E-state index in [0.717, 1.165) is 11.3 Å². The van der Waals surface area contributed by atoms with Crippen molar-refractivity contribution < 1.29 is 27.9 Å². The number of aromatic carboxylic acids is 1. The van der Waals surface area contributed by atoms with Crippen LogP contribution < -0.4 is 10.6 Å². The summed E-state index contributed by atoms with van der Waals surface area (Å²) in [4.78, 5) is 22.5. The van der Waals surface area contributed by atoms with Crippen LogP contribution in [-0.2, 0) is 0 Å². The van der Waals surface area contributed by atoms with E-state index in [9.17, 15) is 22.8 Å². The molecule has 2 aromatic rings. The lowest BCUT2D eigenvalue weighted by molar-refractivity contribution is 0.0698. The number of rotatable bonds is 3. The third-order valence-corrected chi connectivity index (χ3v) is 3.19. The minimum atomic E-state index is -1.45. The van der Waals surface area contributed by atoms with Gasteiger partial charge in [0.2, 0.25) is 0 Å². The van der Waals surface area contributed by atoms with Crippen LogP contribution in [0.3, 0.4) is 0 Å². The Kier molecular flexibility index (Phi) is 4.13. The maximum atomic E-state index is 13.4. The highest BCUT2D eigenvalue weighted by Gasteiger charge is 2.16. The van der Waals surface area contributed by atoms with Gasteiger partial charge >= 0.3 is 12.0 Å². The SMILES string of the molecule is O=C(Nc1cc(F)cc(F)c1F)Nc1sccc1C(=O)O. The molecule has 0 aliphatic rings. The van der Waals surface area contributed by atoms with Crippen molar-refractivity contribution in [3.63, 3.8) is 0 Å². The molecule has 2 rings (SSSR count). The standard InChI is InChI=1S/C12H7F3N2O3S/c13-5-3-7(14)9(15)8(4-5)16-12(20)17-10-6(11(18)19)1-2-21-10/h1-4H,(H,18,19)(H2,16,17,20). The molecule has 21 heavy (non-hydrogen) atoms. The van der Waals surface area contributed by atoms with Crippen LogP contribution in [0.2, 0.25) is 0 Å². The van der Waals surface area contributed by atoms with Crippen LogP contribution in [0.25, 0.3) is 0 Å². The van der Waals surface area contributed by atoms with Gasteiger partial charge in [-0.3, -0.25) is 5.32 Å². The highest BCUT2D eigenvalue weighted by molar-refractivity contribution is 7.14. The second-order valence-electron chi connectivity index (χ2n) is 3.80. The summed E-state index contributed by atoms with van der Waals surface area (Å²) in [6.45, 7) is 0. The van der Waals surface area contributed by atoms with E-state index in [1.807, 2.05) is 5.32 Å². The zero-order valence-electron chi connectivity index (χ0n) is 10.1. The van der Waals surface area contributed by atoms with Gasteiger partial charge in [0, 0.05) is 12.1 Å². The molecule has 0 spiro atoms. The van der Waals surface area contributed by atoms with E-state index in [-0.39, 0.29) is 10.6 Å². The fourth-order valence-corrected chi connectivity index (χ4v) is 2.25. The Labute approximate surface area is 120 Å². The summed E-state index contributed by atoms with van der Waals surface area (Å²) in [7, 11) is 0. The van der Waals surface area contributed by atoms with Gasteiger partial charge in [-0.25, -0.2) is 22.8 Å². The molecule has 0 unspecified atom stereocenters. The van der Waals surface area contributed by atoms with Gasteiger partial charge in [-0.05, 0) is 11.4 Å². The van der Waals surface area contributed by atoms with Gasteiger partial charge in [0.05, 0.1) is 11.3 Å². The average molecular weight is 316 g/mol. The summed E-state index contributed by atoms with van der Waals surface area (Å²) in [6.07, 6.45) is 0. The first-order valence-corrected chi connectivity index (χ1v) is 6.29. The zero-order valence-corrected chi connectivity index (χ0v) is 10.9. The monoisotopic (exact) mass is 316 g/mol. The highest BCUT2D eigenvalue weighted by Crippen LogP contribution is 2.24. The van der Waals surface area contributed by atoms with Crippen molar-refractivity contribution in [2.45, 2.75) is 0 Å². The molecule has 9 heteroatoms. The first kappa shape index (κ1) is 14.9. The zero-order chi connectivity index (χ0) is 15.6. The summed E-state index contributed by atoms with van der Waals surface area (Å²) < 4.78 is 39.3. The number of anilines is 2. The number of carbonyl (C=O) groups excluding carboxylic acids is 1. The topological polar surface area (TPSA) is 78.4 Å². The van der Waals surface area contributed by atoms with Gasteiger partial charge in [0.1, 0.15) is 10.8 Å². The van der Waals surface area contributed by atoms with Crippen LogP contribution in [0.4, 0.5) is 28.7 Å². The van der Waals surface area contributed by atoms with Gasteiger partial charge in [0.25, 0.3) is 0 Å². The number of thiophene rings is 1. The number of amides is 2. The lowest BCUT2D eigenvalue weighted by Gasteiger charge is -2.08. The van der Waals surface area contributed by atoms with Crippen LogP contribution in [-0.4, -0.2) is 17.1 Å². The molecule has 0 atom stereocenters. The van der Waals surface area contributed by atoms with Crippen LogP contribution in [0, 0.1) is 17.5 Å². The van der Waals surface area contributed by atoms with Crippen molar-refractivity contribution in [3.05, 3.63) is 46.6 Å². The number of carboxylic acid groups (broad SMARTS) is 1. The molecule has 3 N–H and O–H groups in total. The minimum Gasteiger partial charge on any atom is -0.478 e. The van der Waals surface area contributed by atoms with Crippen LogP contribution in [0.1, 0.15) is 10.4 Å². The molecular formula is C12H7F3N2O3S. The van der Waals surface area contributed by atoms with E-state index in [2.05, 4.69) is 5.32 Å². The maximum absolute atomic E-state index is 13.4. The normalized spacial score (nSPS) is 10.2. The van der Waals surface area contributed by atoms with E-state index in [1.54, 1.807) is 0 Å². The van der Waals surface area contributed by atoms with Gasteiger partial charge in [-0.15, -0.1) is 11.3 Å². The largest absolute Gasteiger partial charge is 0.478 e. The first-order valence-electron chi connectivity index (χ1n) is 5.42. The van der Waals surface area contributed by atoms with Gasteiger partial charge in [0.15, 0.2) is 11.6 Å². The Morgan fingerprint density at radius 1 is 1.14 bits per heavy atom. The van der Waals surface area contributed by atoms with Crippen molar-refractivity contribution in [1.82, 2.24) is 0 Å². The molecule has 5 nitrogen and oxygen atoms in total. The van der Waals surface area contributed by atoms with E-state index in [1.165, 1.54) is 11.4 Å². The maximum Gasteiger partial charge on any atom is 0.338 e. The fraction of sp³-hybridized carbons (Fsp3) is 0. The van der Waals surface area contributed by atoms with E-state index in [4.69, 9.17) is 5.11 Å². The number of hydrogen-bond acceptors (Lipinski definition) is 3. The Hall–Kier alpha value is -2.55. The summed E-state index contributed by atoms with van der Waals surface area (Å²) in [6, 6.07) is 1.18. The Balaban J connectivity index is 2.16. The number of hydrogen-bond donors (Lipinski definition) is 3. The fourth-order valence-electron chi connectivity index (χ4n) is 1.48. The van der Waals surface area contributed by atoms with Crippen LogP contribution in [0.15, 0.2) is 23.6 Å². The molecule has 0 fully saturated rings. The molecule has 110 valence electrons. The smallest absolute Gasteiger partial charge is 0.338 e. The molecule has 1 aromatic carbocycles. The Bertz CT molecular complexity index is 718. The number of carboxylic acids is 1. The first-order chi connectivity index (χ1) is 9.88. The van der Waals surface area contributed by atoms with Crippen molar-refractivity contribution in [1.29, 1.82) is 0 Å². The lowest BCUT2D eigenvalue weighted by Crippen LogP contribution is -2.21. The molecule has 1 aromatic heterocycles. The van der Waals surface area contributed by atoms with Gasteiger partial charge < -0.3 is 10.4 Å². The quantitative estimate of drug-likeness (QED) is 0.758.